The molecule has 0 saturated heterocycles. The van der Waals surface area contributed by atoms with Gasteiger partial charge < -0.3 is 10.4 Å². The summed E-state index contributed by atoms with van der Waals surface area (Å²) in [5.74, 6) is -2.63. The topological polar surface area (TPSA) is 66.4 Å². The molecule has 0 aromatic heterocycles. The highest BCUT2D eigenvalue weighted by Gasteiger charge is 2.33. The molecule has 2 N–H and O–H groups in total. The first kappa shape index (κ1) is 15.1. The van der Waals surface area contributed by atoms with Crippen LogP contribution in [0.4, 0.5) is 8.78 Å². The summed E-state index contributed by atoms with van der Waals surface area (Å²) in [7, 11) is 0. The van der Waals surface area contributed by atoms with E-state index < -0.39 is 35.8 Å². The molecule has 0 saturated carbocycles. The molecule has 0 aliphatic heterocycles. The van der Waals surface area contributed by atoms with Gasteiger partial charge in [-0.1, -0.05) is 12.1 Å². The second-order valence-electron chi connectivity index (χ2n) is 4.65. The number of nitrogens with one attached hydrogen (secondary N) is 1. The maximum atomic E-state index is 13.1. The van der Waals surface area contributed by atoms with E-state index in [4.69, 9.17) is 5.11 Å². The van der Waals surface area contributed by atoms with Gasteiger partial charge in [0.15, 0.2) is 6.04 Å². The molecular formula is C13H15F2NO3. The Kier molecular flexibility index (Phi) is 4.58. The van der Waals surface area contributed by atoms with Gasteiger partial charge in [0.25, 0.3) is 0 Å². The van der Waals surface area contributed by atoms with E-state index in [0.29, 0.717) is 5.56 Å². The molecule has 1 amide bonds. The summed E-state index contributed by atoms with van der Waals surface area (Å²) in [6.45, 7) is 1.81. The molecule has 1 aromatic rings. The largest absolute Gasteiger partial charge is 0.480 e. The fourth-order valence-electron chi connectivity index (χ4n) is 1.51. The number of hydrogen-bond donors (Lipinski definition) is 2. The fourth-order valence-corrected chi connectivity index (χ4v) is 1.51. The van der Waals surface area contributed by atoms with E-state index in [1.165, 1.54) is 32.0 Å². The Morgan fingerprint density at radius 3 is 2.53 bits per heavy atom. The van der Waals surface area contributed by atoms with Crippen LogP contribution in [0.15, 0.2) is 24.3 Å². The van der Waals surface area contributed by atoms with Crippen LogP contribution in [-0.2, 0) is 15.0 Å². The van der Waals surface area contributed by atoms with Crippen LogP contribution in [0.2, 0.25) is 0 Å². The molecule has 0 bridgehead atoms. The van der Waals surface area contributed by atoms with Gasteiger partial charge in [-0.15, -0.1) is 0 Å². The normalized spacial score (nSPS) is 12.8. The summed E-state index contributed by atoms with van der Waals surface area (Å²) in [6, 6.07) is 3.82. The molecule has 0 heterocycles. The van der Waals surface area contributed by atoms with E-state index in [1.807, 2.05) is 0 Å². The van der Waals surface area contributed by atoms with Gasteiger partial charge in [0.2, 0.25) is 5.91 Å². The van der Waals surface area contributed by atoms with Gasteiger partial charge in [-0.2, -0.15) is 0 Å². The maximum Gasteiger partial charge on any atom is 0.328 e. The van der Waals surface area contributed by atoms with Gasteiger partial charge in [0.05, 0.1) is 5.41 Å². The van der Waals surface area contributed by atoms with Gasteiger partial charge in [0, 0.05) is 0 Å². The lowest BCUT2D eigenvalue weighted by Gasteiger charge is -2.25. The summed E-state index contributed by atoms with van der Waals surface area (Å²) < 4.78 is 25.6. The third-order valence-corrected chi connectivity index (χ3v) is 2.87. The lowest BCUT2D eigenvalue weighted by molar-refractivity contribution is -0.143. The number of alkyl halides is 1. The molecule has 0 aliphatic carbocycles. The Balaban J connectivity index is 2.93. The number of benzene rings is 1. The first-order valence-corrected chi connectivity index (χ1v) is 5.65. The standard InChI is InChI=1S/C13H15F2NO3/c1-13(2,8-4-3-5-9(15)6-8)12(19)16-10(7-14)11(17)18/h3-6,10H,7H2,1-2H3,(H,16,19)(H,17,18). The number of aliphatic carboxylic acids is 1. The molecule has 1 unspecified atom stereocenters. The van der Waals surface area contributed by atoms with Crippen molar-refractivity contribution in [1.29, 1.82) is 0 Å². The molecule has 0 aliphatic rings. The van der Waals surface area contributed by atoms with Crippen molar-refractivity contribution in [3.05, 3.63) is 35.6 Å². The Hall–Kier alpha value is -1.98. The number of carboxylic acid groups (broad SMARTS) is 1. The monoisotopic (exact) mass is 271 g/mol. The molecule has 19 heavy (non-hydrogen) atoms. The lowest BCUT2D eigenvalue weighted by Crippen LogP contribution is -2.49. The summed E-state index contributed by atoms with van der Waals surface area (Å²) in [5.41, 5.74) is -0.779. The molecule has 6 heteroatoms. The number of amides is 1. The average Bonchev–Trinajstić information content (AvgIpc) is 2.35. The Labute approximate surface area is 109 Å². The average molecular weight is 271 g/mol. The molecule has 1 aromatic carbocycles. The Bertz CT molecular complexity index is 489. The number of hydrogen-bond acceptors (Lipinski definition) is 2. The second-order valence-corrected chi connectivity index (χ2v) is 4.65. The molecule has 0 spiro atoms. The minimum absolute atomic E-state index is 0.382. The second kappa shape index (κ2) is 5.77. The predicted octanol–water partition coefficient (Wildman–Crippen LogP) is 1.64. The first-order chi connectivity index (χ1) is 8.78. The van der Waals surface area contributed by atoms with Crippen LogP contribution in [0, 0.1) is 5.82 Å². The highest BCUT2D eigenvalue weighted by Crippen LogP contribution is 2.24. The lowest BCUT2D eigenvalue weighted by atomic mass is 9.83. The maximum absolute atomic E-state index is 13.1. The van der Waals surface area contributed by atoms with E-state index in [9.17, 15) is 18.4 Å². The molecule has 0 fully saturated rings. The van der Waals surface area contributed by atoms with E-state index in [0.717, 1.165) is 0 Å². The summed E-state index contributed by atoms with van der Waals surface area (Å²) >= 11 is 0. The van der Waals surface area contributed by atoms with Crippen LogP contribution in [0.3, 0.4) is 0 Å². The summed E-state index contributed by atoms with van der Waals surface area (Å²) in [4.78, 5) is 22.7. The SMILES string of the molecule is CC(C)(C(=O)NC(CF)C(=O)O)c1cccc(F)c1. The zero-order valence-electron chi connectivity index (χ0n) is 10.6. The number of carbonyl (C=O) groups excluding carboxylic acids is 1. The van der Waals surface area contributed by atoms with E-state index in [2.05, 4.69) is 5.32 Å². The van der Waals surface area contributed by atoms with Crippen molar-refractivity contribution in [2.75, 3.05) is 6.67 Å². The summed E-state index contributed by atoms with van der Waals surface area (Å²) in [5, 5.41) is 10.8. The van der Waals surface area contributed by atoms with Crippen LogP contribution in [0.25, 0.3) is 0 Å². The summed E-state index contributed by atoms with van der Waals surface area (Å²) in [6.07, 6.45) is 0. The van der Waals surface area contributed by atoms with E-state index in [1.54, 1.807) is 6.07 Å². The van der Waals surface area contributed by atoms with Gasteiger partial charge in [-0.3, -0.25) is 4.79 Å². The third-order valence-electron chi connectivity index (χ3n) is 2.87. The minimum Gasteiger partial charge on any atom is -0.480 e. The number of rotatable bonds is 5. The van der Waals surface area contributed by atoms with Gasteiger partial charge >= 0.3 is 5.97 Å². The molecule has 1 rings (SSSR count). The van der Waals surface area contributed by atoms with Gasteiger partial charge in [-0.25, -0.2) is 13.6 Å². The Morgan fingerprint density at radius 1 is 1.42 bits per heavy atom. The van der Waals surface area contributed by atoms with Crippen molar-refractivity contribution in [2.24, 2.45) is 0 Å². The quantitative estimate of drug-likeness (QED) is 0.855. The van der Waals surface area contributed by atoms with Crippen molar-refractivity contribution in [3.8, 4) is 0 Å². The Morgan fingerprint density at radius 2 is 2.05 bits per heavy atom. The highest BCUT2D eigenvalue weighted by atomic mass is 19.1. The zero-order chi connectivity index (χ0) is 14.6. The minimum atomic E-state index is -1.60. The van der Waals surface area contributed by atoms with Crippen LogP contribution in [0.5, 0.6) is 0 Å². The van der Waals surface area contributed by atoms with Crippen LogP contribution in [-0.4, -0.2) is 29.7 Å². The van der Waals surface area contributed by atoms with Crippen molar-refractivity contribution >= 4 is 11.9 Å². The molecule has 0 radical (unpaired) electrons. The van der Waals surface area contributed by atoms with Crippen LogP contribution < -0.4 is 5.32 Å². The van der Waals surface area contributed by atoms with Crippen LogP contribution in [0.1, 0.15) is 19.4 Å². The smallest absolute Gasteiger partial charge is 0.328 e. The third kappa shape index (κ3) is 3.49. The molecule has 4 nitrogen and oxygen atoms in total. The highest BCUT2D eigenvalue weighted by molar-refractivity contribution is 5.90. The first-order valence-electron chi connectivity index (χ1n) is 5.65. The van der Waals surface area contributed by atoms with Crippen molar-refractivity contribution in [1.82, 2.24) is 5.32 Å². The zero-order valence-corrected chi connectivity index (χ0v) is 10.6. The molecular weight excluding hydrogens is 256 g/mol. The predicted molar refractivity (Wildman–Crippen MR) is 65.0 cm³/mol. The van der Waals surface area contributed by atoms with Crippen LogP contribution >= 0.6 is 0 Å². The van der Waals surface area contributed by atoms with Crippen molar-refractivity contribution in [2.45, 2.75) is 25.3 Å². The van der Waals surface area contributed by atoms with Crippen molar-refractivity contribution in [3.63, 3.8) is 0 Å². The fraction of sp³-hybridized carbons (Fsp3) is 0.385. The number of halogens is 2. The van der Waals surface area contributed by atoms with Gasteiger partial charge in [-0.05, 0) is 31.5 Å². The number of carboxylic acids is 1. The molecule has 104 valence electrons. The number of carbonyl (C=O) groups is 2. The molecule has 1 atom stereocenters. The van der Waals surface area contributed by atoms with Crippen molar-refractivity contribution < 1.29 is 23.5 Å². The van der Waals surface area contributed by atoms with E-state index >= 15 is 0 Å². The van der Waals surface area contributed by atoms with E-state index in [-0.39, 0.29) is 0 Å². The van der Waals surface area contributed by atoms with Gasteiger partial charge in [0.1, 0.15) is 12.5 Å².